The summed E-state index contributed by atoms with van der Waals surface area (Å²) in [7, 11) is 1.89. The zero-order chi connectivity index (χ0) is 32.3. The molecule has 2 N–H and O–H groups in total. The van der Waals surface area contributed by atoms with Gasteiger partial charge in [0.05, 0.1) is 21.7 Å². The van der Waals surface area contributed by atoms with Crippen molar-refractivity contribution in [2.24, 2.45) is 7.05 Å². The van der Waals surface area contributed by atoms with Crippen LogP contribution in [0.5, 0.6) is 11.6 Å². The van der Waals surface area contributed by atoms with Crippen LogP contribution in [-0.4, -0.2) is 55.1 Å². The van der Waals surface area contributed by atoms with Gasteiger partial charge in [0.1, 0.15) is 12.1 Å². The third-order valence-electron chi connectivity index (χ3n) is 7.78. The number of carbonyl (C=O) groups excluding carboxylic acids is 1. The lowest BCUT2D eigenvalue weighted by Gasteiger charge is -2.29. The Morgan fingerprint density at radius 3 is 2.66 bits per heavy atom. The second kappa shape index (κ2) is 13.2. The van der Waals surface area contributed by atoms with Gasteiger partial charge in [0.15, 0.2) is 16.1 Å². The number of anilines is 2. The van der Waals surface area contributed by atoms with Gasteiger partial charge in [-0.3, -0.25) is 10.1 Å². The van der Waals surface area contributed by atoms with E-state index >= 15 is 0 Å². The lowest BCUT2D eigenvalue weighted by Crippen LogP contribution is -2.32. The van der Waals surface area contributed by atoms with Crippen LogP contribution in [0.1, 0.15) is 32.8 Å². The SMILES string of the molecule is Cn1cnnc1-c1ccc(OCCCc2sc(N3CCc4cccc(C(=O)Nc5nc6ccccc6s5)c4C3)nc2OC(=O)O)cc1. The molecule has 0 saturated heterocycles. The minimum atomic E-state index is -1.42. The Kier molecular flexibility index (Phi) is 8.50. The van der Waals surface area contributed by atoms with Crippen LogP contribution in [-0.2, 0) is 26.4 Å². The molecule has 238 valence electrons. The van der Waals surface area contributed by atoms with Crippen molar-refractivity contribution in [3.63, 3.8) is 0 Å². The van der Waals surface area contributed by atoms with Gasteiger partial charge in [-0.15, -0.1) is 10.2 Å². The predicted molar refractivity (Wildman–Crippen MR) is 180 cm³/mol. The Labute approximate surface area is 277 Å². The van der Waals surface area contributed by atoms with Crippen LogP contribution in [0.2, 0.25) is 0 Å². The van der Waals surface area contributed by atoms with Crippen molar-refractivity contribution in [3.05, 3.63) is 94.6 Å². The molecule has 6 aromatic rings. The molecule has 1 amide bonds. The van der Waals surface area contributed by atoms with Crippen molar-refractivity contribution >= 4 is 55.2 Å². The molecule has 4 heterocycles. The summed E-state index contributed by atoms with van der Waals surface area (Å²) in [6.07, 6.45) is 2.10. The molecule has 1 aliphatic heterocycles. The van der Waals surface area contributed by atoms with E-state index in [2.05, 4.69) is 30.4 Å². The molecular weight excluding hydrogens is 639 g/mol. The number of hydrogen-bond donors (Lipinski definition) is 2. The fraction of sp³-hybridized carbons (Fsp3) is 0.212. The first-order valence-corrected chi connectivity index (χ1v) is 16.5. The Morgan fingerprint density at radius 2 is 1.87 bits per heavy atom. The topological polar surface area (TPSA) is 145 Å². The number of rotatable bonds is 10. The standard InChI is InChI=1S/C33H29N7O5S2/c1-39-19-34-38-28(39)21-11-13-22(14-12-21)44-17-5-10-27-30(45-33(42)43)37-32(47-27)40-16-15-20-6-4-7-23(24(20)18-40)29(41)36-31-35-25-8-2-3-9-26(25)46-31/h2-4,6-9,11-14,19H,5,10,15-18H2,1H3,(H,42,43)(H,35,36,41). The Hall–Kier alpha value is -5.34. The van der Waals surface area contributed by atoms with Crippen LogP contribution in [0.15, 0.2) is 73.1 Å². The van der Waals surface area contributed by atoms with Crippen LogP contribution in [0.4, 0.5) is 15.1 Å². The summed E-state index contributed by atoms with van der Waals surface area (Å²) in [5.41, 5.74) is 4.36. The van der Waals surface area contributed by atoms with E-state index in [0.717, 1.165) is 43.4 Å². The maximum Gasteiger partial charge on any atom is 0.512 e. The lowest BCUT2D eigenvalue weighted by molar-refractivity contribution is 0.102. The van der Waals surface area contributed by atoms with E-state index in [4.69, 9.17) is 9.47 Å². The summed E-state index contributed by atoms with van der Waals surface area (Å²) in [5, 5.41) is 21.6. The quantitative estimate of drug-likeness (QED) is 0.124. The minimum Gasteiger partial charge on any atom is -0.494 e. The number of aryl methyl sites for hydroxylation is 2. The number of amides is 1. The van der Waals surface area contributed by atoms with Gasteiger partial charge in [-0.2, -0.15) is 4.98 Å². The van der Waals surface area contributed by atoms with E-state index in [1.54, 1.807) is 6.33 Å². The predicted octanol–water partition coefficient (Wildman–Crippen LogP) is 6.43. The fourth-order valence-electron chi connectivity index (χ4n) is 5.50. The first-order valence-electron chi connectivity index (χ1n) is 14.9. The first kappa shape index (κ1) is 30.3. The summed E-state index contributed by atoms with van der Waals surface area (Å²) in [5.74, 6) is 1.35. The van der Waals surface area contributed by atoms with E-state index in [1.165, 1.54) is 22.7 Å². The molecule has 0 unspecified atom stereocenters. The summed E-state index contributed by atoms with van der Waals surface area (Å²) < 4.78 is 13.9. The molecule has 12 nitrogen and oxygen atoms in total. The maximum atomic E-state index is 13.4. The molecule has 0 aliphatic carbocycles. The number of nitrogens with zero attached hydrogens (tertiary/aromatic N) is 6. The van der Waals surface area contributed by atoms with Crippen molar-refractivity contribution in [1.29, 1.82) is 0 Å². The number of nitrogens with one attached hydrogen (secondary N) is 1. The molecule has 0 bridgehead atoms. The van der Waals surface area contributed by atoms with Gasteiger partial charge >= 0.3 is 6.16 Å². The Balaban J connectivity index is 1.02. The fourth-order valence-corrected chi connectivity index (χ4v) is 7.41. The van der Waals surface area contributed by atoms with Gasteiger partial charge < -0.3 is 24.0 Å². The van der Waals surface area contributed by atoms with Crippen LogP contribution in [0, 0.1) is 0 Å². The highest BCUT2D eigenvalue weighted by Gasteiger charge is 2.26. The molecule has 7 rings (SSSR count). The molecule has 14 heteroatoms. The molecule has 0 fully saturated rings. The molecule has 3 aromatic carbocycles. The van der Waals surface area contributed by atoms with E-state index in [-0.39, 0.29) is 11.8 Å². The normalized spacial score (nSPS) is 12.6. The van der Waals surface area contributed by atoms with Gasteiger partial charge in [-0.05, 0) is 72.9 Å². The van der Waals surface area contributed by atoms with Gasteiger partial charge in [-0.25, -0.2) is 9.78 Å². The molecule has 0 saturated carbocycles. The average Bonchev–Trinajstić information content (AvgIpc) is 3.80. The third-order valence-corrected chi connectivity index (χ3v) is 9.89. The zero-order valence-corrected chi connectivity index (χ0v) is 26.9. The van der Waals surface area contributed by atoms with E-state index in [0.29, 0.717) is 54.8 Å². The average molecular weight is 668 g/mol. The second-order valence-electron chi connectivity index (χ2n) is 10.9. The Bertz CT molecular complexity index is 2040. The molecule has 47 heavy (non-hydrogen) atoms. The number of aromatic nitrogens is 5. The van der Waals surface area contributed by atoms with Crippen LogP contribution in [0.25, 0.3) is 21.6 Å². The third kappa shape index (κ3) is 6.64. The van der Waals surface area contributed by atoms with Crippen molar-refractivity contribution in [3.8, 4) is 23.0 Å². The Morgan fingerprint density at radius 1 is 1.02 bits per heavy atom. The lowest BCUT2D eigenvalue weighted by atomic mass is 9.94. The summed E-state index contributed by atoms with van der Waals surface area (Å²) in [4.78, 5) is 36.8. The largest absolute Gasteiger partial charge is 0.512 e. The number of hydrogen-bond acceptors (Lipinski definition) is 11. The van der Waals surface area contributed by atoms with Gasteiger partial charge in [-0.1, -0.05) is 46.9 Å². The number of carboxylic acid groups (broad SMARTS) is 1. The van der Waals surface area contributed by atoms with Crippen molar-refractivity contribution in [1.82, 2.24) is 24.7 Å². The second-order valence-corrected chi connectivity index (χ2v) is 13.0. The number of para-hydroxylation sites is 1. The number of thiazole rings is 2. The highest BCUT2D eigenvalue weighted by atomic mass is 32.1. The maximum absolute atomic E-state index is 13.4. The first-order chi connectivity index (χ1) is 22.9. The monoisotopic (exact) mass is 667 g/mol. The van der Waals surface area contributed by atoms with E-state index in [1.807, 2.05) is 78.3 Å². The number of benzene rings is 3. The highest BCUT2D eigenvalue weighted by molar-refractivity contribution is 7.22. The van der Waals surface area contributed by atoms with Crippen molar-refractivity contribution in [2.45, 2.75) is 25.8 Å². The summed E-state index contributed by atoms with van der Waals surface area (Å²) in [6.45, 7) is 1.54. The molecular formula is C33H29N7O5S2. The van der Waals surface area contributed by atoms with Crippen molar-refractivity contribution in [2.75, 3.05) is 23.4 Å². The van der Waals surface area contributed by atoms with Gasteiger partial charge in [0.25, 0.3) is 5.91 Å². The van der Waals surface area contributed by atoms with Crippen LogP contribution in [0.3, 0.4) is 0 Å². The van der Waals surface area contributed by atoms with Crippen molar-refractivity contribution < 1.29 is 24.2 Å². The van der Waals surface area contributed by atoms with E-state index in [9.17, 15) is 14.7 Å². The zero-order valence-electron chi connectivity index (χ0n) is 25.3. The van der Waals surface area contributed by atoms with Gasteiger partial charge in [0.2, 0.25) is 5.88 Å². The van der Waals surface area contributed by atoms with Crippen LogP contribution >= 0.6 is 22.7 Å². The highest BCUT2D eigenvalue weighted by Crippen LogP contribution is 2.36. The summed E-state index contributed by atoms with van der Waals surface area (Å²) in [6, 6.07) is 21.1. The minimum absolute atomic E-state index is 0.0817. The smallest absolute Gasteiger partial charge is 0.494 e. The van der Waals surface area contributed by atoms with E-state index < -0.39 is 6.16 Å². The molecule has 1 aliphatic rings. The number of fused-ring (bicyclic) bond motifs is 2. The molecule has 0 spiro atoms. The van der Waals surface area contributed by atoms with Crippen LogP contribution < -0.4 is 19.7 Å². The molecule has 0 atom stereocenters. The number of carbonyl (C=O) groups is 2. The molecule has 3 aromatic heterocycles. The summed E-state index contributed by atoms with van der Waals surface area (Å²) >= 11 is 2.83. The molecule has 0 radical (unpaired) electrons. The number of ether oxygens (including phenoxy) is 2. The van der Waals surface area contributed by atoms with Gasteiger partial charge in [0, 0.05) is 31.3 Å².